The van der Waals surface area contributed by atoms with E-state index in [1.807, 2.05) is 24.0 Å². The second-order valence-electron chi connectivity index (χ2n) is 4.53. The monoisotopic (exact) mass is 248 g/mol. The molecule has 0 radical (unpaired) electrons. The first-order valence-electron chi connectivity index (χ1n) is 5.97. The van der Waals surface area contributed by atoms with Crippen molar-refractivity contribution in [2.45, 2.75) is 25.2 Å². The molecule has 0 aromatic carbocycles. The van der Waals surface area contributed by atoms with Gasteiger partial charge < -0.3 is 5.73 Å². The van der Waals surface area contributed by atoms with Crippen LogP contribution in [0, 0.1) is 0 Å². The van der Waals surface area contributed by atoms with Crippen molar-refractivity contribution in [3.8, 4) is 10.7 Å². The Morgan fingerprint density at radius 2 is 2.47 bits per heavy atom. The van der Waals surface area contributed by atoms with Gasteiger partial charge in [0.1, 0.15) is 10.7 Å². The molecule has 2 heterocycles. The van der Waals surface area contributed by atoms with Crippen molar-refractivity contribution in [2.75, 3.05) is 6.54 Å². The van der Waals surface area contributed by atoms with Crippen LogP contribution in [-0.4, -0.2) is 21.3 Å². The van der Waals surface area contributed by atoms with Crippen molar-refractivity contribution in [2.24, 2.45) is 12.8 Å². The normalized spacial score (nSPS) is 19.3. The summed E-state index contributed by atoms with van der Waals surface area (Å²) in [6.45, 7) is 0.707. The van der Waals surface area contributed by atoms with Gasteiger partial charge in [-0.3, -0.25) is 4.68 Å². The molecule has 5 heteroatoms. The lowest BCUT2D eigenvalue weighted by Crippen LogP contribution is -2.17. The van der Waals surface area contributed by atoms with Gasteiger partial charge in [0.15, 0.2) is 0 Å². The first-order chi connectivity index (χ1) is 8.28. The van der Waals surface area contributed by atoms with Gasteiger partial charge in [-0.05, 0) is 25.3 Å². The fraction of sp³-hybridized carbons (Fsp3) is 0.500. The largest absolute Gasteiger partial charge is 0.330 e. The first kappa shape index (κ1) is 10.9. The molecule has 0 bridgehead atoms. The smallest absolute Gasteiger partial charge is 0.144 e. The van der Waals surface area contributed by atoms with Gasteiger partial charge in [0.25, 0.3) is 0 Å². The van der Waals surface area contributed by atoms with Crippen molar-refractivity contribution in [1.82, 2.24) is 14.8 Å². The summed E-state index contributed by atoms with van der Waals surface area (Å²) in [4.78, 5) is 6.16. The Morgan fingerprint density at radius 3 is 3.18 bits per heavy atom. The molecule has 1 aliphatic carbocycles. The summed E-state index contributed by atoms with van der Waals surface area (Å²) in [6.07, 6.45) is 5.51. The van der Waals surface area contributed by atoms with E-state index in [0.29, 0.717) is 12.5 Å². The first-order valence-corrected chi connectivity index (χ1v) is 6.79. The molecule has 0 fully saturated rings. The van der Waals surface area contributed by atoms with Gasteiger partial charge in [0.05, 0.1) is 5.69 Å². The second-order valence-corrected chi connectivity index (χ2v) is 5.61. The number of aromatic nitrogens is 3. The van der Waals surface area contributed by atoms with E-state index >= 15 is 0 Å². The summed E-state index contributed by atoms with van der Waals surface area (Å²) < 4.78 is 1.82. The van der Waals surface area contributed by atoms with E-state index in [-0.39, 0.29) is 0 Å². The molecule has 90 valence electrons. The van der Waals surface area contributed by atoms with Gasteiger partial charge >= 0.3 is 0 Å². The Balaban J connectivity index is 2.01. The van der Waals surface area contributed by atoms with E-state index in [1.54, 1.807) is 11.3 Å². The summed E-state index contributed by atoms with van der Waals surface area (Å²) >= 11 is 1.78. The minimum atomic E-state index is 0.451. The van der Waals surface area contributed by atoms with Gasteiger partial charge in [-0.25, -0.2) is 4.98 Å². The summed E-state index contributed by atoms with van der Waals surface area (Å²) in [5, 5.41) is 5.45. The number of fused-ring (bicyclic) bond motifs is 1. The zero-order chi connectivity index (χ0) is 11.8. The lowest BCUT2D eigenvalue weighted by Gasteiger charge is -2.18. The van der Waals surface area contributed by atoms with Crippen LogP contribution in [0.4, 0.5) is 0 Å². The fourth-order valence-corrected chi connectivity index (χ4v) is 3.53. The Labute approximate surface area is 104 Å². The molecule has 3 rings (SSSR count). The molecule has 4 nitrogen and oxygen atoms in total. The minimum absolute atomic E-state index is 0.451. The highest BCUT2D eigenvalue weighted by atomic mass is 32.1. The fourth-order valence-electron chi connectivity index (χ4n) is 2.38. The van der Waals surface area contributed by atoms with Crippen LogP contribution >= 0.6 is 11.3 Å². The Hall–Kier alpha value is -1.20. The summed E-state index contributed by atoms with van der Waals surface area (Å²) in [5.41, 5.74) is 8.02. The summed E-state index contributed by atoms with van der Waals surface area (Å²) in [5.74, 6) is 0.451. The topological polar surface area (TPSA) is 56.7 Å². The van der Waals surface area contributed by atoms with Crippen molar-refractivity contribution in [3.63, 3.8) is 0 Å². The molecule has 0 aliphatic heterocycles. The molecule has 17 heavy (non-hydrogen) atoms. The molecule has 0 saturated heterocycles. The molecule has 0 spiro atoms. The Bertz CT molecular complexity index is 528. The van der Waals surface area contributed by atoms with E-state index in [4.69, 9.17) is 10.7 Å². The van der Waals surface area contributed by atoms with Crippen molar-refractivity contribution >= 4 is 11.3 Å². The molecule has 2 aromatic rings. The predicted octanol–water partition coefficient (Wildman–Crippen LogP) is 1.92. The van der Waals surface area contributed by atoms with Crippen LogP contribution in [0.5, 0.6) is 0 Å². The highest BCUT2D eigenvalue weighted by Gasteiger charge is 2.24. The molecule has 0 amide bonds. The number of thiazole rings is 1. The number of hydrogen-bond donors (Lipinski definition) is 1. The van der Waals surface area contributed by atoms with E-state index < -0.39 is 0 Å². The summed E-state index contributed by atoms with van der Waals surface area (Å²) in [7, 11) is 1.93. The third-order valence-corrected chi connectivity index (χ3v) is 4.44. The Kier molecular flexibility index (Phi) is 2.72. The zero-order valence-electron chi connectivity index (χ0n) is 9.89. The number of nitrogens with zero attached hydrogens (tertiary/aromatic N) is 3. The van der Waals surface area contributed by atoms with E-state index in [1.165, 1.54) is 23.4 Å². The number of rotatable bonds is 2. The Morgan fingerprint density at radius 1 is 1.59 bits per heavy atom. The van der Waals surface area contributed by atoms with Gasteiger partial charge in [0, 0.05) is 30.6 Å². The van der Waals surface area contributed by atoms with Crippen LogP contribution < -0.4 is 5.73 Å². The second kappa shape index (κ2) is 4.23. The van der Waals surface area contributed by atoms with Crippen molar-refractivity contribution in [3.05, 3.63) is 22.8 Å². The quantitative estimate of drug-likeness (QED) is 0.883. The van der Waals surface area contributed by atoms with Crippen LogP contribution in [0.1, 0.15) is 29.3 Å². The van der Waals surface area contributed by atoms with Crippen molar-refractivity contribution < 1.29 is 0 Å². The van der Waals surface area contributed by atoms with E-state index in [9.17, 15) is 0 Å². The van der Waals surface area contributed by atoms with Crippen LogP contribution in [0.3, 0.4) is 0 Å². The molecular formula is C12H16N4S. The molecule has 1 aliphatic rings. The van der Waals surface area contributed by atoms with E-state index in [0.717, 1.165) is 17.1 Å². The molecular weight excluding hydrogens is 232 g/mol. The lowest BCUT2D eigenvalue weighted by molar-refractivity contribution is 0.554. The van der Waals surface area contributed by atoms with Crippen molar-refractivity contribution in [1.29, 1.82) is 0 Å². The van der Waals surface area contributed by atoms with Gasteiger partial charge in [-0.15, -0.1) is 11.3 Å². The van der Waals surface area contributed by atoms with Crippen LogP contribution in [0.25, 0.3) is 10.7 Å². The highest BCUT2D eigenvalue weighted by molar-refractivity contribution is 7.15. The molecule has 2 N–H and O–H groups in total. The van der Waals surface area contributed by atoms with Gasteiger partial charge in [-0.1, -0.05) is 0 Å². The number of aryl methyl sites for hydroxylation is 2. The number of hydrogen-bond acceptors (Lipinski definition) is 4. The maximum absolute atomic E-state index is 5.82. The average molecular weight is 248 g/mol. The van der Waals surface area contributed by atoms with Gasteiger partial charge in [0.2, 0.25) is 0 Å². The zero-order valence-corrected chi connectivity index (χ0v) is 10.7. The SMILES string of the molecule is Cn1ccc(-c2nc3c(s2)CCCC3CN)n1. The third-order valence-electron chi connectivity index (χ3n) is 3.29. The summed E-state index contributed by atoms with van der Waals surface area (Å²) in [6, 6.07) is 2.02. The van der Waals surface area contributed by atoms with Gasteiger partial charge in [-0.2, -0.15) is 5.10 Å². The molecule has 0 saturated carbocycles. The highest BCUT2D eigenvalue weighted by Crippen LogP contribution is 2.37. The maximum atomic E-state index is 5.82. The molecule has 2 aromatic heterocycles. The third kappa shape index (κ3) is 1.89. The molecule has 1 unspecified atom stereocenters. The molecule has 1 atom stereocenters. The van der Waals surface area contributed by atoms with E-state index in [2.05, 4.69) is 5.10 Å². The minimum Gasteiger partial charge on any atom is -0.330 e. The number of nitrogens with two attached hydrogens (primary N) is 1. The maximum Gasteiger partial charge on any atom is 0.144 e. The lowest BCUT2D eigenvalue weighted by atomic mass is 9.91. The average Bonchev–Trinajstić information content (AvgIpc) is 2.93. The van der Waals surface area contributed by atoms with Crippen LogP contribution in [0.15, 0.2) is 12.3 Å². The van der Waals surface area contributed by atoms with Crippen LogP contribution in [0.2, 0.25) is 0 Å². The van der Waals surface area contributed by atoms with Crippen LogP contribution in [-0.2, 0) is 13.5 Å². The standard InChI is InChI=1S/C12H16N4S/c1-16-6-5-9(15-16)12-14-11-8(7-13)3-2-4-10(11)17-12/h5-6,8H,2-4,7,13H2,1H3. The predicted molar refractivity (Wildman–Crippen MR) is 69.0 cm³/mol.